The highest BCUT2D eigenvalue weighted by molar-refractivity contribution is 6.02. The summed E-state index contributed by atoms with van der Waals surface area (Å²) in [6.07, 6.45) is 4.93. The van der Waals surface area contributed by atoms with Crippen LogP contribution in [0.15, 0.2) is 103 Å². The molecule has 1 N–H and O–H groups in total. The Kier molecular flexibility index (Phi) is 7.74. The lowest BCUT2D eigenvalue weighted by atomic mass is 10.1. The summed E-state index contributed by atoms with van der Waals surface area (Å²) in [5.41, 5.74) is 5.29. The minimum Gasteiger partial charge on any atom is -0.489 e. The van der Waals surface area contributed by atoms with E-state index >= 15 is 0 Å². The zero-order valence-electron chi connectivity index (χ0n) is 20.0. The van der Waals surface area contributed by atoms with Crippen molar-refractivity contribution in [1.82, 2.24) is 15.1 Å². The largest absolute Gasteiger partial charge is 0.489 e. The topological polar surface area (TPSA) is 79.9 Å². The van der Waals surface area contributed by atoms with Crippen LogP contribution < -0.4 is 10.1 Å². The number of aromatic nitrogens is 2. The molecule has 1 amide bonds. The van der Waals surface area contributed by atoms with Gasteiger partial charge in [0.2, 0.25) is 0 Å². The standard InChI is InChI=1S/C30H26N4O2/c1-3-17-32-30(35)25(19-31)18-26-20-34(27-7-5-4-6-8-27)33-29(26)24-13-15-28(16-14-24)36-21-23-11-9-22(2)10-12-23/h3-16,18,20H,1,17,21H2,2H3,(H,32,35)/b25-18-. The Balaban J connectivity index is 1.64. The molecule has 0 aliphatic carbocycles. The number of ether oxygens (including phenoxy) is 1. The maximum Gasteiger partial charge on any atom is 0.262 e. The van der Waals surface area contributed by atoms with Gasteiger partial charge in [-0.25, -0.2) is 4.68 Å². The Labute approximate surface area is 210 Å². The Morgan fingerprint density at radius 2 is 1.81 bits per heavy atom. The van der Waals surface area contributed by atoms with E-state index in [9.17, 15) is 10.1 Å². The molecular weight excluding hydrogens is 448 g/mol. The maximum absolute atomic E-state index is 12.4. The minimum absolute atomic E-state index is 0.0104. The normalized spacial score (nSPS) is 10.9. The summed E-state index contributed by atoms with van der Waals surface area (Å²) in [5, 5.41) is 17.0. The average molecular weight is 475 g/mol. The van der Waals surface area contributed by atoms with Gasteiger partial charge in [0.05, 0.1) is 11.4 Å². The molecule has 4 aromatic rings. The van der Waals surface area contributed by atoms with Crippen molar-refractivity contribution >= 4 is 12.0 Å². The first-order valence-corrected chi connectivity index (χ1v) is 11.5. The molecule has 3 aromatic carbocycles. The van der Waals surface area contributed by atoms with Crippen LogP contribution in [0.4, 0.5) is 0 Å². The van der Waals surface area contributed by atoms with Crippen LogP contribution in [0.2, 0.25) is 0 Å². The third kappa shape index (κ3) is 5.96. The van der Waals surface area contributed by atoms with Crippen LogP contribution in [-0.4, -0.2) is 22.2 Å². The van der Waals surface area contributed by atoms with Crippen molar-refractivity contribution in [1.29, 1.82) is 5.26 Å². The first kappa shape index (κ1) is 24.2. The second-order valence-corrected chi connectivity index (χ2v) is 8.18. The molecule has 4 rings (SSSR count). The van der Waals surface area contributed by atoms with Crippen LogP contribution in [0.3, 0.4) is 0 Å². The van der Waals surface area contributed by atoms with Crippen molar-refractivity contribution in [3.8, 4) is 28.8 Å². The average Bonchev–Trinajstić information content (AvgIpc) is 3.34. The molecule has 0 unspecified atom stereocenters. The lowest BCUT2D eigenvalue weighted by Crippen LogP contribution is -2.24. The molecule has 1 aromatic heterocycles. The van der Waals surface area contributed by atoms with Crippen molar-refractivity contribution < 1.29 is 9.53 Å². The molecule has 178 valence electrons. The Morgan fingerprint density at radius 1 is 1.08 bits per heavy atom. The number of carbonyl (C=O) groups excluding carboxylic acids is 1. The van der Waals surface area contributed by atoms with E-state index in [1.54, 1.807) is 16.8 Å². The van der Waals surface area contributed by atoms with Crippen LogP contribution in [0, 0.1) is 18.3 Å². The first-order valence-electron chi connectivity index (χ1n) is 11.5. The van der Waals surface area contributed by atoms with Gasteiger partial charge in [0, 0.05) is 23.9 Å². The van der Waals surface area contributed by atoms with Gasteiger partial charge in [-0.15, -0.1) is 6.58 Å². The van der Waals surface area contributed by atoms with E-state index in [0.29, 0.717) is 17.9 Å². The van der Waals surface area contributed by atoms with Gasteiger partial charge in [0.25, 0.3) is 5.91 Å². The molecule has 0 fully saturated rings. The molecule has 0 aliphatic heterocycles. The summed E-state index contributed by atoms with van der Waals surface area (Å²) in [6, 6.07) is 27.5. The summed E-state index contributed by atoms with van der Waals surface area (Å²) >= 11 is 0. The summed E-state index contributed by atoms with van der Waals surface area (Å²) in [7, 11) is 0. The number of rotatable bonds is 9. The molecule has 0 spiro atoms. The molecule has 6 nitrogen and oxygen atoms in total. The summed E-state index contributed by atoms with van der Waals surface area (Å²) in [4.78, 5) is 12.4. The van der Waals surface area contributed by atoms with E-state index in [-0.39, 0.29) is 12.1 Å². The molecule has 0 saturated carbocycles. The third-order valence-electron chi connectivity index (χ3n) is 5.49. The van der Waals surface area contributed by atoms with E-state index in [2.05, 4.69) is 43.1 Å². The number of benzene rings is 3. The van der Waals surface area contributed by atoms with Gasteiger partial charge in [-0.1, -0.05) is 54.1 Å². The smallest absolute Gasteiger partial charge is 0.262 e. The lowest BCUT2D eigenvalue weighted by molar-refractivity contribution is -0.116. The predicted molar refractivity (Wildman–Crippen MR) is 141 cm³/mol. The second-order valence-electron chi connectivity index (χ2n) is 8.18. The zero-order chi connectivity index (χ0) is 25.3. The summed E-state index contributed by atoms with van der Waals surface area (Å²) in [5.74, 6) is 0.274. The van der Waals surface area contributed by atoms with Crippen molar-refractivity contribution in [2.75, 3.05) is 6.54 Å². The van der Waals surface area contributed by atoms with Crippen molar-refractivity contribution in [3.05, 3.63) is 120 Å². The maximum atomic E-state index is 12.4. The highest BCUT2D eigenvalue weighted by Crippen LogP contribution is 2.28. The number of hydrogen-bond acceptors (Lipinski definition) is 4. The van der Waals surface area contributed by atoms with Gasteiger partial charge in [-0.3, -0.25) is 4.79 Å². The molecule has 0 bridgehead atoms. The van der Waals surface area contributed by atoms with E-state index in [0.717, 1.165) is 22.6 Å². The van der Waals surface area contributed by atoms with E-state index in [4.69, 9.17) is 9.84 Å². The lowest BCUT2D eigenvalue weighted by Gasteiger charge is -2.08. The highest BCUT2D eigenvalue weighted by Gasteiger charge is 2.15. The van der Waals surface area contributed by atoms with Gasteiger partial charge < -0.3 is 10.1 Å². The van der Waals surface area contributed by atoms with Crippen LogP contribution in [0.1, 0.15) is 16.7 Å². The number of aryl methyl sites for hydroxylation is 1. The van der Waals surface area contributed by atoms with Crippen LogP contribution in [0.25, 0.3) is 23.0 Å². The Morgan fingerprint density at radius 3 is 2.47 bits per heavy atom. The fourth-order valence-electron chi connectivity index (χ4n) is 3.55. The summed E-state index contributed by atoms with van der Waals surface area (Å²) < 4.78 is 7.67. The number of nitrogens with zero attached hydrogens (tertiary/aromatic N) is 3. The van der Waals surface area contributed by atoms with Crippen molar-refractivity contribution in [2.24, 2.45) is 0 Å². The van der Waals surface area contributed by atoms with Crippen molar-refractivity contribution in [3.63, 3.8) is 0 Å². The molecular formula is C30H26N4O2. The highest BCUT2D eigenvalue weighted by atomic mass is 16.5. The van der Waals surface area contributed by atoms with E-state index in [1.807, 2.05) is 66.9 Å². The fourth-order valence-corrected chi connectivity index (χ4v) is 3.55. The first-order chi connectivity index (χ1) is 17.6. The summed E-state index contributed by atoms with van der Waals surface area (Å²) in [6.45, 7) is 6.40. The number of amides is 1. The van der Waals surface area contributed by atoms with E-state index in [1.165, 1.54) is 5.56 Å². The van der Waals surface area contributed by atoms with Gasteiger partial charge in [-0.05, 0) is 55.0 Å². The van der Waals surface area contributed by atoms with Crippen LogP contribution in [-0.2, 0) is 11.4 Å². The number of hydrogen-bond donors (Lipinski definition) is 1. The van der Waals surface area contributed by atoms with E-state index < -0.39 is 5.91 Å². The van der Waals surface area contributed by atoms with Crippen molar-refractivity contribution in [2.45, 2.75) is 13.5 Å². The third-order valence-corrected chi connectivity index (χ3v) is 5.49. The SMILES string of the molecule is C=CCNC(=O)/C(C#N)=C\c1cn(-c2ccccc2)nc1-c1ccc(OCc2ccc(C)cc2)cc1. The predicted octanol–water partition coefficient (Wildman–Crippen LogP) is 5.64. The monoisotopic (exact) mass is 474 g/mol. The number of nitriles is 1. The molecule has 6 heteroatoms. The van der Waals surface area contributed by atoms with Gasteiger partial charge in [0.15, 0.2) is 0 Å². The molecule has 36 heavy (non-hydrogen) atoms. The molecule has 0 radical (unpaired) electrons. The van der Waals surface area contributed by atoms with Crippen LogP contribution >= 0.6 is 0 Å². The van der Waals surface area contributed by atoms with Gasteiger partial charge in [-0.2, -0.15) is 10.4 Å². The minimum atomic E-state index is -0.462. The number of para-hydroxylation sites is 1. The second kappa shape index (κ2) is 11.5. The van der Waals surface area contributed by atoms with Gasteiger partial charge in [0.1, 0.15) is 24.0 Å². The van der Waals surface area contributed by atoms with Crippen LogP contribution in [0.5, 0.6) is 5.75 Å². The number of carbonyl (C=O) groups is 1. The Hall–Kier alpha value is -4.89. The fraction of sp³-hybridized carbons (Fsp3) is 0.100. The quantitative estimate of drug-likeness (QED) is 0.194. The van der Waals surface area contributed by atoms with Gasteiger partial charge >= 0.3 is 0 Å². The molecule has 0 atom stereocenters. The zero-order valence-corrected chi connectivity index (χ0v) is 20.0. The Bertz CT molecular complexity index is 1410. The molecule has 0 saturated heterocycles. The molecule has 1 heterocycles. The number of nitrogens with one attached hydrogen (secondary N) is 1. The molecule has 0 aliphatic rings.